The second-order valence-electron chi connectivity index (χ2n) is 7.03. The highest BCUT2D eigenvalue weighted by molar-refractivity contribution is 7.17. The molecule has 0 radical (unpaired) electrons. The highest BCUT2D eigenvalue weighted by atomic mass is 32.1. The van der Waals surface area contributed by atoms with Crippen LogP contribution in [0.1, 0.15) is 39.9 Å². The van der Waals surface area contributed by atoms with E-state index in [9.17, 15) is 14.0 Å². The monoisotopic (exact) mass is 402 g/mol. The number of carbonyl (C=O) groups excluding carboxylic acids is 1. The van der Waals surface area contributed by atoms with Crippen molar-refractivity contribution in [3.63, 3.8) is 0 Å². The number of hydrogen-bond acceptors (Lipinski definition) is 5. The summed E-state index contributed by atoms with van der Waals surface area (Å²) in [6.07, 6.45) is 1.35. The minimum absolute atomic E-state index is 0.231. The second kappa shape index (κ2) is 7.83. The topological polar surface area (TPSA) is 61.2 Å². The smallest absolute Gasteiger partial charge is 0.331 e. The molecule has 3 aromatic rings. The molecule has 0 unspecified atom stereocenters. The van der Waals surface area contributed by atoms with Crippen LogP contribution >= 0.6 is 11.3 Å². The lowest BCUT2D eigenvalue weighted by molar-refractivity contribution is -0.152. The van der Waals surface area contributed by atoms with Crippen LogP contribution in [0.15, 0.2) is 34.4 Å². The van der Waals surface area contributed by atoms with Gasteiger partial charge in [0.2, 0.25) is 0 Å². The third kappa shape index (κ3) is 3.46. The summed E-state index contributed by atoms with van der Waals surface area (Å²) in [5, 5.41) is 2.29. The van der Waals surface area contributed by atoms with Crippen molar-refractivity contribution in [2.24, 2.45) is 0 Å². The van der Waals surface area contributed by atoms with Gasteiger partial charge < -0.3 is 4.74 Å². The van der Waals surface area contributed by atoms with Gasteiger partial charge in [0.05, 0.1) is 12.0 Å². The molecule has 0 atom stereocenters. The van der Waals surface area contributed by atoms with Gasteiger partial charge in [-0.3, -0.25) is 9.36 Å². The minimum Gasteiger partial charge on any atom is -0.464 e. The van der Waals surface area contributed by atoms with Gasteiger partial charge in [0.25, 0.3) is 5.56 Å². The number of benzene rings is 1. The van der Waals surface area contributed by atoms with Gasteiger partial charge in [-0.1, -0.05) is 19.1 Å². The molecule has 0 bridgehead atoms. The molecule has 0 saturated heterocycles. The zero-order valence-electron chi connectivity index (χ0n) is 16.4. The zero-order valence-corrected chi connectivity index (χ0v) is 17.2. The van der Waals surface area contributed by atoms with Crippen molar-refractivity contribution in [1.82, 2.24) is 9.55 Å². The summed E-state index contributed by atoms with van der Waals surface area (Å²) in [5.74, 6) is -0.257. The lowest BCUT2D eigenvalue weighted by atomic mass is 10.0. The maximum absolute atomic E-state index is 13.5. The number of nitrogens with zero attached hydrogens (tertiary/aromatic N) is 2. The number of thiophene rings is 1. The lowest BCUT2D eigenvalue weighted by Crippen LogP contribution is -2.45. The van der Waals surface area contributed by atoms with Gasteiger partial charge in [0.15, 0.2) is 0 Å². The summed E-state index contributed by atoms with van der Waals surface area (Å²) in [4.78, 5) is 31.5. The highest BCUT2D eigenvalue weighted by Crippen LogP contribution is 2.32. The number of rotatable bonds is 6. The number of hydrogen-bond donors (Lipinski definition) is 0. The van der Waals surface area contributed by atoms with E-state index in [0.717, 1.165) is 12.0 Å². The molecule has 0 N–H and O–H groups in total. The fraction of sp³-hybridized carbons (Fsp3) is 0.381. The summed E-state index contributed by atoms with van der Waals surface area (Å²) in [7, 11) is 0. The number of halogens is 1. The Hall–Kier alpha value is -2.54. The summed E-state index contributed by atoms with van der Waals surface area (Å²) in [5.41, 5.74) is -0.0582. The Balaban J connectivity index is 2.30. The van der Waals surface area contributed by atoms with Gasteiger partial charge >= 0.3 is 5.97 Å². The molecule has 1 aromatic carbocycles. The van der Waals surface area contributed by atoms with Crippen molar-refractivity contribution < 1.29 is 13.9 Å². The average molecular weight is 402 g/mol. The Morgan fingerprint density at radius 2 is 1.93 bits per heavy atom. The van der Waals surface area contributed by atoms with Crippen molar-refractivity contribution in [2.75, 3.05) is 6.61 Å². The van der Waals surface area contributed by atoms with E-state index >= 15 is 0 Å². The van der Waals surface area contributed by atoms with Crippen molar-refractivity contribution in [2.45, 2.75) is 46.1 Å². The predicted octanol–water partition coefficient (Wildman–Crippen LogP) is 4.51. The van der Waals surface area contributed by atoms with E-state index in [-0.39, 0.29) is 18.0 Å². The standard InChI is InChI=1S/C21H23FN2O3S/c1-5-7-16-23-18-17(15(12-28-18)13-8-10-14(22)11-9-13)19(25)24(16)21(3,4)20(26)27-6-2/h8-12H,5-7H2,1-4H3. The van der Waals surface area contributed by atoms with E-state index < -0.39 is 11.5 Å². The minimum atomic E-state index is -1.19. The van der Waals surface area contributed by atoms with Crippen LogP contribution in [0.25, 0.3) is 21.3 Å². The number of aryl methyl sites for hydroxylation is 1. The van der Waals surface area contributed by atoms with Crippen LogP contribution in [0.4, 0.5) is 4.39 Å². The third-order valence-corrected chi connectivity index (χ3v) is 5.51. The molecular formula is C21H23FN2O3S. The molecular weight excluding hydrogens is 379 g/mol. The van der Waals surface area contributed by atoms with Crippen LogP contribution in [-0.2, 0) is 21.5 Å². The van der Waals surface area contributed by atoms with Gasteiger partial charge in [-0.05, 0) is 44.9 Å². The van der Waals surface area contributed by atoms with Gasteiger partial charge in [0, 0.05) is 17.4 Å². The predicted molar refractivity (Wildman–Crippen MR) is 109 cm³/mol. The molecule has 0 fully saturated rings. The Labute approximate surface area is 166 Å². The van der Waals surface area contributed by atoms with Crippen molar-refractivity contribution in [3.8, 4) is 11.1 Å². The zero-order chi connectivity index (χ0) is 20.5. The number of ether oxygens (including phenoxy) is 1. The SMILES string of the molecule is CCCc1nc2scc(-c3ccc(F)cc3)c2c(=O)n1C(C)(C)C(=O)OCC. The van der Waals surface area contributed by atoms with Crippen molar-refractivity contribution >= 4 is 27.5 Å². The fourth-order valence-corrected chi connectivity index (χ4v) is 4.20. The molecule has 0 aliphatic carbocycles. The molecule has 7 heteroatoms. The van der Waals surface area contributed by atoms with Gasteiger partial charge in [0.1, 0.15) is 22.0 Å². The molecule has 2 heterocycles. The van der Waals surface area contributed by atoms with Crippen LogP contribution in [0.5, 0.6) is 0 Å². The van der Waals surface area contributed by atoms with E-state index in [1.54, 1.807) is 32.9 Å². The first-order valence-electron chi connectivity index (χ1n) is 9.28. The molecule has 0 saturated carbocycles. The quantitative estimate of drug-likeness (QED) is 0.569. The summed E-state index contributed by atoms with van der Waals surface area (Å²) in [6, 6.07) is 5.99. The Morgan fingerprint density at radius 1 is 1.25 bits per heavy atom. The molecule has 0 spiro atoms. The largest absolute Gasteiger partial charge is 0.464 e. The Kier molecular flexibility index (Phi) is 5.65. The Bertz CT molecular complexity index is 1070. The average Bonchev–Trinajstić information content (AvgIpc) is 3.07. The summed E-state index contributed by atoms with van der Waals surface area (Å²) in [6.45, 7) is 7.30. The first-order chi connectivity index (χ1) is 13.3. The fourth-order valence-electron chi connectivity index (χ4n) is 3.24. The number of aromatic nitrogens is 2. The molecule has 3 rings (SSSR count). The van der Waals surface area contributed by atoms with E-state index in [0.29, 0.717) is 28.0 Å². The number of esters is 1. The first-order valence-corrected chi connectivity index (χ1v) is 10.2. The van der Waals surface area contributed by atoms with Gasteiger partial charge in [-0.15, -0.1) is 11.3 Å². The summed E-state index contributed by atoms with van der Waals surface area (Å²) >= 11 is 1.37. The molecule has 148 valence electrons. The van der Waals surface area contributed by atoms with Gasteiger partial charge in [-0.25, -0.2) is 14.2 Å². The summed E-state index contributed by atoms with van der Waals surface area (Å²) < 4.78 is 20.0. The number of carbonyl (C=O) groups is 1. The normalized spacial score (nSPS) is 11.8. The molecule has 0 aliphatic rings. The van der Waals surface area contributed by atoms with Crippen LogP contribution in [-0.4, -0.2) is 22.1 Å². The van der Waals surface area contributed by atoms with E-state index in [1.165, 1.54) is 28.0 Å². The van der Waals surface area contributed by atoms with Crippen LogP contribution in [0.3, 0.4) is 0 Å². The lowest BCUT2D eigenvalue weighted by Gasteiger charge is -2.27. The first kappa shape index (κ1) is 20.2. The maximum atomic E-state index is 13.5. The van der Waals surface area contributed by atoms with Crippen LogP contribution in [0.2, 0.25) is 0 Å². The number of fused-ring (bicyclic) bond motifs is 1. The molecule has 0 aliphatic heterocycles. The highest BCUT2D eigenvalue weighted by Gasteiger charge is 2.35. The third-order valence-electron chi connectivity index (χ3n) is 4.64. The van der Waals surface area contributed by atoms with E-state index in [2.05, 4.69) is 0 Å². The van der Waals surface area contributed by atoms with Crippen LogP contribution in [0, 0.1) is 5.82 Å². The van der Waals surface area contributed by atoms with Gasteiger partial charge in [-0.2, -0.15) is 0 Å². The molecule has 5 nitrogen and oxygen atoms in total. The van der Waals surface area contributed by atoms with E-state index in [1.807, 2.05) is 12.3 Å². The second-order valence-corrected chi connectivity index (χ2v) is 7.89. The molecule has 2 aromatic heterocycles. The maximum Gasteiger partial charge on any atom is 0.331 e. The van der Waals surface area contributed by atoms with Crippen molar-refractivity contribution in [3.05, 3.63) is 51.6 Å². The van der Waals surface area contributed by atoms with E-state index in [4.69, 9.17) is 9.72 Å². The Morgan fingerprint density at radius 3 is 2.54 bits per heavy atom. The van der Waals surface area contributed by atoms with Crippen LogP contribution < -0.4 is 5.56 Å². The molecule has 28 heavy (non-hydrogen) atoms. The molecule has 0 amide bonds. The van der Waals surface area contributed by atoms with Crippen molar-refractivity contribution in [1.29, 1.82) is 0 Å².